The Labute approximate surface area is 139 Å². The summed E-state index contributed by atoms with van der Waals surface area (Å²) in [7, 11) is 0. The molecule has 0 saturated carbocycles. The Morgan fingerprint density at radius 2 is 2.17 bits per heavy atom. The lowest BCUT2D eigenvalue weighted by Gasteiger charge is -2.35. The van der Waals surface area contributed by atoms with Gasteiger partial charge >= 0.3 is 0 Å². The fourth-order valence-electron chi connectivity index (χ4n) is 3.52. The van der Waals surface area contributed by atoms with Crippen molar-refractivity contribution < 1.29 is 9.53 Å². The highest BCUT2D eigenvalue weighted by Gasteiger charge is 2.32. The number of hydrogen-bond donors (Lipinski definition) is 1. The first kappa shape index (κ1) is 16.5. The maximum absolute atomic E-state index is 12.3. The summed E-state index contributed by atoms with van der Waals surface area (Å²) in [5, 5.41) is 3.02. The second-order valence-corrected chi connectivity index (χ2v) is 6.76. The van der Waals surface area contributed by atoms with Gasteiger partial charge in [0.2, 0.25) is 0 Å². The molecule has 23 heavy (non-hydrogen) atoms. The van der Waals surface area contributed by atoms with Gasteiger partial charge in [0.1, 0.15) is 0 Å². The number of carbonyl (C=O) groups excluding carboxylic acids is 1. The fourth-order valence-corrected chi connectivity index (χ4v) is 3.52. The van der Waals surface area contributed by atoms with Crippen molar-refractivity contribution in [1.82, 2.24) is 10.2 Å². The molecule has 0 bridgehead atoms. The van der Waals surface area contributed by atoms with Gasteiger partial charge in [-0.25, -0.2) is 0 Å². The number of nitrogens with zero attached hydrogens (tertiary/aromatic N) is 1. The molecule has 0 radical (unpaired) electrons. The van der Waals surface area contributed by atoms with Gasteiger partial charge in [0.15, 0.2) is 0 Å². The molecule has 1 aromatic rings. The highest BCUT2D eigenvalue weighted by Crippen LogP contribution is 2.22. The van der Waals surface area contributed by atoms with E-state index in [1.165, 1.54) is 37.8 Å². The Kier molecular flexibility index (Phi) is 5.68. The van der Waals surface area contributed by atoms with Gasteiger partial charge in [0.25, 0.3) is 5.91 Å². The third-order valence-electron chi connectivity index (χ3n) is 4.99. The van der Waals surface area contributed by atoms with E-state index >= 15 is 0 Å². The first-order valence-electron chi connectivity index (χ1n) is 8.99. The van der Waals surface area contributed by atoms with E-state index < -0.39 is 0 Å². The monoisotopic (exact) mass is 316 g/mol. The second kappa shape index (κ2) is 7.93. The van der Waals surface area contributed by atoms with Gasteiger partial charge in [0, 0.05) is 24.7 Å². The molecule has 4 nitrogen and oxygen atoms in total. The van der Waals surface area contributed by atoms with Crippen molar-refractivity contribution in [3.63, 3.8) is 0 Å². The van der Waals surface area contributed by atoms with Gasteiger partial charge in [0.05, 0.1) is 12.7 Å². The molecule has 2 aliphatic rings. The lowest BCUT2D eigenvalue weighted by atomic mass is 10.1. The molecule has 2 heterocycles. The van der Waals surface area contributed by atoms with Crippen LogP contribution in [-0.2, 0) is 11.2 Å². The Hall–Kier alpha value is -1.39. The van der Waals surface area contributed by atoms with Crippen molar-refractivity contribution in [3.8, 4) is 0 Å². The predicted molar refractivity (Wildman–Crippen MR) is 91.7 cm³/mol. The summed E-state index contributed by atoms with van der Waals surface area (Å²) >= 11 is 0. The number of benzene rings is 1. The molecule has 0 aliphatic carbocycles. The molecule has 2 atom stereocenters. The van der Waals surface area contributed by atoms with Crippen LogP contribution in [0.15, 0.2) is 24.3 Å². The van der Waals surface area contributed by atoms with Gasteiger partial charge in [-0.15, -0.1) is 0 Å². The van der Waals surface area contributed by atoms with Crippen LogP contribution in [0.1, 0.15) is 48.5 Å². The number of nitrogens with one attached hydrogen (secondary N) is 1. The van der Waals surface area contributed by atoms with Gasteiger partial charge in [-0.3, -0.25) is 9.69 Å². The summed E-state index contributed by atoms with van der Waals surface area (Å²) in [5.41, 5.74) is 2.04. The zero-order valence-electron chi connectivity index (χ0n) is 14.1. The number of morpholine rings is 1. The molecule has 3 rings (SSSR count). The van der Waals surface area contributed by atoms with Crippen molar-refractivity contribution >= 4 is 5.91 Å². The second-order valence-electron chi connectivity index (χ2n) is 6.76. The van der Waals surface area contributed by atoms with E-state index in [4.69, 9.17) is 4.74 Å². The molecular weight excluding hydrogens is 288 g/mol. The van der Waals surface area contributed by atoms with Crippen LogP contribution in [0.25, 0.3) is 0 Å². The number of ether oxygens (including phenoxy) is 1. The van der Waals surface area contributed by atoms with Gasteiger partial charge in [-0.1, -0.05) is 25.5 Å². The van der Waals surface area contributed by atoms with Crippen LogP contribution < -0.4 is 5.32 Å². The summed E-state index contributed by atoms with van der Waals surface area (Å²) in [4.78, 5) is 14.8. The molecule has 2 fully saturated rings. The minimum atomic E-state index is -0.000753. The number of carbonyl (C=O) groups is 1. The minimum absolute atomic E-state index is 0.000753. The Morgan fingerprint density at radius 1 is 1.35 bits per heavy atom. The molecule has 126 valence electrons. The van der Waals surface area contributed by atoms with E-state index in [1.54, 1.807) is 0 Å². The van der Waals surface area contributed by atoms with Crippen molar-refractivity contribution in [3.05, 3.63) is 35.4 Å². The SMILES string of the molecule is CCCCc1ccc(C(=O)NCC2CN3CCCC3CO2)cc1. The van der Waals surface area contributed by atoms with Crippen LogP contribution in [0.4, 0.5) is 0 Å². The topological polar surface area (TPSA) is 41.6 Å². The average Bonchev–Trinajstić information content (AvgIpc) is 3.06. The molecule has 2 unspecified atom stereocenters. The van der Waals surface area contributed by atoms with Crippen LogP contribution >= 0.6 is 0 Å². The quantitative estimate of drug-likeness (QED) is 0.877. The predicted octanol–water partition coefficient (Wildman–Crippen LogP) is 2.62. The van der Waals surface area contributed by atoms with Crippen LogP contribution in [0.5, 0.6) is 0 Å². The minimum Gasteiger partial charge on any atom is -0.373 e. The first-order chi connectivity index (χ1) is 11.3. The molecular formula is C19H28N2O2. The fraction of sp³-hybridized carbons (Fsp3) is 0.632. The van der Waals surface area contributed by atoms with Crippen LogP contribution in [0.2, 0.25) is 0 Å². The Bertz CT molecular complexity index is 515. The van der Waals surface area contributed by atoms with Gasteiger partial charge in [-0.2, -0.15) is 0 Å². The zero-order valence-corrected chi connectivity index (χ0v) is 14.1. The Balaban J connectivity index is 1.45. The number of amides is 1. The highest BCUT2D eigenvalue weighted by molar-refractivity contribution is 5.94. The highest BCUT2D eigenvalue weighted by atomic mass is 16.5. The van der Waals surface area contributed by atoms with E-state index in [0.29, 0.717) is 12.6 Å². The maximum Gasteiger partial charge on any atom is 0.251 e. The molecule has 1 amide bonds. The largest absolute Gasteiger partial charge is 0.373 e. The molecule has 0 aromatic heterocycles. The third-order valence-corrected chi connectivity index (χ3v) is 4.99. The summed E-state index contributed by atoms with van der Waals surface area (Å²) in [6.45, 7) is 5.73. The Morgan fingerprint density at radius 3 is 2.96 bits per heavy atom. The van der Waals surface area contributed by atoms with Crippen LogP contribution in [0, 0.1) is 0 Å². The van der Waals surface area contributed by atoms with Crippen molar-refractivity contribution in [2.75, 3.05) is 26.2 Å². The van der Waals surface area contributed by atoms with Crippen molar-refractivity contribution in [2.45, 2.75) is 51.2 Å². The third kappa shape index (κ3) is 4.33. The molecule has 1 aromatic carbocycles. The maximum atomic E-state index is 12.3. The molecule has 2 aliphatic heterocycles. The summed E-state index contributed by atoms with van der Waals surface area (Å²) < 4.78 is 5.89. The van der Waals surface area contributed by atoms with E-state index in [0.717, 1.165) is 25.1 Å². The summed E-state index contributed by atoms with van der Waals surface area (Å²) in [6, 6.07) is 8.60. The molecule has 4 heteroatoms. The van der Waals surface area contributed by atoms with Crippen LogP contribution in [-0.4, -0.2) is 49.2 Å². The number of rotatable bonds is 6. The van der Waals surface area contributed by atoms with E-state index in [1.807, 2.05) is 12.1 Å². The number of hydrogen-bond acceptors (Lipinski definition) is 3. The first-order valence-corrected chi connectivity index (χ1v) is 8.99. The van der Waals surface area contributed by atoms with Crippen molar-refractivity contribution in [1.29, 1.82) is 0 Å². The number of aryl methyl sites for hydroxylation is 1. The molecule has 1 N–H and O–H groups in total. The van der Waals surface area contributed by atoms with E-state index in [2.05, 4.69) is 29.3 Å². The van der Waals surface area contributed by atoms with Gasteiger partial charge in [-0.05, 0) is 49.9 Å². The standard InChI is InChI=1S/C19H28N2O2/c1-2-3-5-15-7-9-16(10-8-15)19(22)20-12-18-13-21-11-4-6-17(21)14-23-18/h7-10,17-18H,2-6,11-14H2,1H3,(H,20,22). The van der Waals surface area contributed by atoms with E-state index in [9.17, 15) is 4.79 Å². The number of unbranched alkanes of at least 4 members (excludes halogenated alkanes) is 1. The van der Waals surface area contributed by atoms with E-state index in [-0.39, 0.29) is 12.0 Å². The number of fused-ring (bicyclic) bond motifs is 1. The molecule has 0 spiro atoms. The van der Waals surface area contributed by atoms with Crippen LogP contribution in [0.3, 0.4) is 0 Å². The average molecular weight is 316 g/mol. The molecule has 2 saturated heterocycles. The zero-order chi connectivity index (χ0) is 16.1. The lowest BCUT2D eigenvalue weighted by Crippen LogP contribution is -2.50. The smallest absolute Gasteiger partial charge is 0.251 e. The summed E-state index contributed by atoms with van der Waals surface area (Å²) in [6.07, 6.45) is 6.13. The normalized spacial score (nSPS) is 24.4. The van der Waals surface area contributed by atoms with Crippen molar-refractivity contribution in [2.24, 2.45) is 0 Å². The summed E-state index contributed by atoms with van der Waals surface area (Å²) in [5.74, 6) is -0.000753. The van der Waals surface area contributed by atoms with Gasteiger partial charge < -0.3 is 10.1 Å². The lowest BCUT2D eigenvalue weighted by molar-refractivity contribution is -0.0461.